The highest BCUT2D eigenvalue weighted by atomic mass is 16.5. The number of amides is 1. The summed E-state index contributed by atoms with van der Waals surface area (Å²) >= 11 is 0. The summed E-state index contributed by atoms with van der Waals surface area (Å²) in [7, 11) is 1.61. The van der Waals surface area contributed by atoms with Gasteiger partial charge in [0.15, 0.2) is 6.10 Å². The fourth-order valence-corrected chi connectivity index (χ4v) is 3.97. The first-order valence-corrected chi connectivity index (χ1v) is 10.3. The summed E-state index contributed by atoms with van der Waals surface area (Å²) < 4.78 is 11.1. The van der Waals surface area contributed by atoms with Crippen molar-refractivity contribution in [2.24, 2.45) is 0 Å². The van der Waals surface area contributed by atoms with Gasteiger partial charge in [0.25, 0.3) is 5.91 Å². The van der Waals surface area contributed by atoms with Gasteiger partial charge in [-0.3, -0.25) is 4.79 Å². The number of benzene rings is 1. The lowest BCUT2D eigenvalue weighted by Gasteiger charge is -2.31. The first kappa shape index (κ1) is 19.6. The molecule has 0 radical (unpaired) electrons. The van der Waals surface area contributed by atoms with Crippen molar-refractivity contribution < 1.29 is 14.3 Å². The molecule has 7 heteroatoms. The van der Waals surface area contributed by atoms with Crippen LogP contribution in [-0.2, 0) is 17.8 Å². The van der Waals surface area contributed by atoms with E-state index in [0.717, 1.165) is 43.0 Å². The lowest BCUT2D eigenvalue weighted by Crippen LogP contribution is -2.43. The van der Waals surface area contributed by atoms with Gasteiger partial charge in [0.1, 0.15) is 17.3 Å². The molecule has 2 atom stereocenters. The van der Waals surface area contributed by atoms with Gasteiger partial charge in [0, 0.05) is 49.8 Å². The van der Waals surface area contributed by atoms with E-state index in [1.807, 2.05) is 29.3 Å². The number of ether oxygens (including phenoxy) is 2. The molecule has 1 N–H and O–H groups in total. The Hall–Kier alpha value is -2.67. The Balaban J connectivity index is 1.40. The van der Waals surface area contributed by atoms with E-state index in [1.165, 1.54) is 6.42 Å². The highest BCUT2D eigenvalue weighted by molar-refractivity contribution is 5.81. The van der Waals surface area contributed by atoms with Crippen LogP contribution in [0.15, 0.2) is 30.5 Å². The number of carbonyl (C=O) groups excluding carboxylic acids is 1. The molecule has 1 aromatic carbocycles. The van der Waals surface area contributed by atoms with Crippen molar-refractivity contribution in [1.29, 1.82) is 0 Å². The molecular weight excluding hydrogens is 368 g/mol. The third kappa shape index (κ3) is 4.50. The van der Waals surface area contributed by atoms with Crippen LogP contribution in [0.25, 0.3) is 0 Å². The fraction of sp³-hybridized carbons (Fsp3) is 0.500. The number of nitrogens with zero attached hydrogens (tertiary/aromatic N) is 3. The van der Waals surface area contributed by atoms with Gasteiger partial charge in [0.05, 0.1) is 12.8 Å². The molecule has 29 heavy (non-hydrogen) atoms. The van der Waals surface area contributed by atoms with Crippen molar-refractivity contribution in [1.82, 2.24) is 20.2 Å². The van der Waals surface area contributed by atoms with Crippen LogP contribution >= 0.6 is 0 Å². The molecule has 1 amide bonds. The van der Waals surface area contributed by atoms with Gasteiger partial charge in [-0.15, -0.1) is 0 Å². The maximum atomic E-state index is 12.9. The van der Waals surface area contributed by atoms with Gasteiger partial charge in [-0.25, -0.2) is 9.97 Å². The molecule has 1 saturated heterocycles. The Labute approximate surface area is 171 Å². The molecule has 0 unspecified atom stereocenters. The zero-order valence-electron chi connectivity index (χ0n) is 17.1. The van der Waals surface area contributed by atoms with Crippen molar-refractivity contribution in [2.45, 2.75) is 44.8 Å². The second-order valence-electron chi connectivity index (χ2n) is 7.69. The summed E-state index contributed by atoms with van der Waals surface area (Å²) in [5, 5.41) is 3.42. The molecule has 4 rings (SSSR count). The monoisotopic (exact) mass is 396 g/mol. The van der Waals surface area contributed by atoms with Crippen LogP contribution < -0.4 is 14.8 Å². The van der Waals surface area contributed by atoms with Crippen molar-refractivity contribution in [3.05, 3.63) is 47.5 Å². The summed E-state index contributed by atoms with van der Waals surface area (Å²) in [6, 6.07) is 7.30. The first-order valence-electron chi connectivity index (χ1n) is 10.3. The second-order valence-corrected chi connectivity index (χ2v) is 7.69. The molecule has 0 aliphatic carbocycles. The van der Waals surface area contributed by atoms with Crippen molar-refractivity contribution in [2.75, 3.05) is 26.7 Å². The molecule has 1 fully saturated rings. The fourth-order valence-electron chi connectivity index (χ4n) is 3.97. The summed E-state index contributed by atoms with van der Waals surface area (Å²) in [4.78, 5) is 24.2. The lowest BCUT2D eigenvalue weighted by molar-refractivity contribution is -0.138. The minimum Gasteiger partial charge on any atom is -0.497 e. The van der Waals surface area contributed by atoms with Gasteiger partial charge in [-0.05, 0) is 38.4 Å². The number of fused-ring (bicyclic) bond motifs is 1. The standard InChI is InChI=1S/C22H28N4O3/c1-15(29-19-7-3-6-18(11-19)28-2)22(27)26-10-8-20-17(14-26)13-24-21(25-20)16-5-4-9-23-12-16/h3,6-7,11,13,15-16,23H,4-5,8-10,12,14H2,1-2H3/t15-,16+/m1/s1. The van der Waals surface area contributed by atoms with Crippen LogP contribution in [-0.4, -0.2) is 53.6 Å². The summed E-state index contributed by atoms with van der Waals surface area (Å²) in [6.07, 6.45) is 4.38. The predicted octanol–water partition coefficient (Wildman–Crippen LogP) is 2.30. The highest BCUT2D eigenvalue weighted by Gasteiger charge is 2.28. The van der Waals surface area contributed by atoms with Crippen molar-refractivity contribution in [3.63, 3.8) is 0 Å². The van der Waals surface area contributed by atoms with Gasteiger partial charge >= 0.3 is 0 Å². The molecular formula is C22H28N4O3. The number of piperidine rings is 1. The molecule has 2 aliphatic rings. The SMILES string of the molecule is COc1cccc(O[C@H](C)C(=O)N2CCc3nc([C@H]4CCCNC4)ncc3C2)c1. The molecule has 7 nitrogen and oxygen atoms in total. The Bertz CT molecular complexity index is 867. The van der Waals surface area contributed by atoms with Crippen LogP contribution in [0.2, 0.25) is 0 Å². The number of hydrogen-bond donors (Lipinski definition) is 1. The molecule has 0 bridgehead atoms. The van der Waals surface area contributed by atoms with E-state index in [4.69, 9.17) is 14.5 Å². The normalized spacial score (nSPS) is 19.9. The van der Waals surface area contributed by atoms with E-state index in [-0.39, 0.29) is 5.91 Å². The average Bonchev–Trinajstić information content (AvgIpc) is 2.78. The first-order chi connectivity index (χ1) is 14.1. The Morgan fingerprint density at radius 1 is 1.34 bits per heavy atom. The van der Waals surface area contributed by atoms with Crippen LogP contribution in [0.4, 0.5) is 0 Å². The van der Waals surface area contributed by atoms with Crippen LogP contribution in [0.5, 0.6) is 11.5 Å². The Morgan fingerprint density at radius 3 is 3.00 bits per heavy atom. The highest BCUT2D eigenvalue weighted by Crippen LogP contribution is 2.24. The van der Waals surface area contributed by atoms with Crippen molar-refractivity contribution >= 4 is 5.91 Å². The minimum absolute atomic E-state index is 0.0287. The van der Waals surface area contributed by atoms with E-state index in [0.29, 0.717) is 30.5 Å². The van der Waals surface area contributed by atoms with E-state index in [2.05, 4.69) is 10.3 Å². The number of rotatable bonds is 5. The molecule has 0 spiro atoms. The van der Waals surface area contributed by atoms with E-state index in [1.54, 1.807) is 20.1 Å². The van der Waals surface area contributed by atoms with Gasteiger partial charge in [-0.1, -0.05) is 6.07 Å². The third-order valence-electron chi connectivity index (χ3n) is 5.63. The smallest absolute Gasteiger partial charge is 0.263 e. The summed E-state index contributed by atoms with van der Waals surface area (Å²) in [5.41, 5.74) is 2.11. The number of methoxy groups -OCH3 is 1. The minimum atomic E-state index is -0.572. The quantitative estimate of drug-likeness (QED) is 0.836. The second kappa shape index (κ2) is 8.78. The van der Waals surface area contributed by atoms with Gasteiger partial charge in [-0.2, -0.15) is 0 Å². The molecule has 1 aromatic heterocycles. The zero-order valence-corrected chi connectivity index (χ0v) is 17.1. The maximum absolute atomic E-state index is 12.9. The average molecular weight is 396 g/mol. The molecule has 0 saturated carbocycles. The zero-order chi connectivity index (χ0) is 20.2. The van der Waals surface area contributed by atoms with E-state index in [9.17, 15) is 4.79 Å². The molecule has 2 aliphatic heterocycles. The topological polar surface area (TPSA) is 76.6 Å². The number of nitrogens with one attached hydrogen (secondary N) is 1. The van der Waals surface area contributed by atoms with E-state index >= 15 is 0 Å². The largest absolute Gasteiger partial charge is 0.497 e. The van der Waals surface area contributed by atoms with Crippen molar-refractivity contribution in [3.8, 4) is 11.5 Å². The lowest BCUT2D eigenvalue weighted by atomic mass is 9.98. The Morgan fingerprint density at radius 2 is 2.21 bits per heavy atom. The summed E-state index contributed by atoms with van der Waals surface area (Å²) in [5.74, 6) is 2.63. The number of aromatic nitrogens is 2. The van der Waals surface area contributed by atoms with Gasteiger partial charge < -0.3 is 19.7 Å². The third-order valence-corrected chi connectivity index (χ3v) is 5.63. The molecule has 2 aromatic rings. The number of hydrogen-bond acceptors (Lipinski definition) is 6. The predicted molar refractivity (Wildman–Crippen MR) is 109 cm³/mol. The number of carbonyl (C=O) groups is 1. The van der Waals surface area contributed by atoms with Crippen LogP contribution in [0, 0.1) is 0 Å². The van der Waals surface area contributed by atoms with Crippen LogP contribution in [0.1, 0.15) is 42.8 Å². The Kier molecular flexibility index (Phi) is 5.94. The van der Waals surface area contributed by atoms with Gasteiger partial charge in [0.2, 0.25) is 0 Å². The molecule has 154 valence electrons. The maximum Gasteiger partial charge on any atom is 0.263 e. The molecule has 3 heterocycles. The summed E-state index contributed by atoms with van der Waals surface area (Å²) in [6.45, 7) is 4.99. The van der Waals surface area contributed by atoms with E-state index < -0.39 is 6.10 Å². The van der Waals surface area contributed by atoms with Crippen LogP contribution in [0.3, 0.4) is 0 Å².